The first-order chi connectivity index (χ1) is 12.1. The van der Waals surface area contributed by atoms with Crippen molar-refractivity contribution in [2.75, 3.05) is 20.1 Å². The second-order valence-electron chi connectivity index (χ2n) is 6.06. The van der Waals surface area contributed by atoms with Crippen molar-refractivity contribution < 1.29 is 13.6 Å². The lowest BCUT2D eigenvalue weighted by molar-refractivity contribution is 0.0925. The van der Waals surface area contributed by atoms with Gasteiger partial charge in [-0.3, -0.25) is 4.79 Å². The van der Waals surface area contributed by atoms with Gasteiger partial charge in [-0.05, 0) is 38.1 Å². The summed E-state index contributed by atoms with van der Waals surface area (Å²) in [6.07, 6.45) is 18.2. The average molecular weight is 343 g/mol. The summed E-state index contributed by atoms with van der Waals surface area (Å²) in [7, 11) is 1.94. The molecule has 1 aromatic rings. The maximum Gasteiger partial charge on any atom is 0.171 e. The third-order valence-electron chi connectivity index (χ3n) is 3.97. The van der Waals surface area contributed by atoms with Gasteiger partial charge in [0.2, 0.25) is 0 Å². The van der Waals surface area contributed by atoms with E-state index in [-0.39, 0.29) is 17.3 Å². The zero-order valence-electron chi connectivity index (χ0n) is 14.4. The van der Waals surface area contributed by atoms with Gasteiger partial charge in [0.15, 0.2) is 17.4 Å². The third kappa shape index (κ3) is 6.24. The van der Waals surface area contributed by atoms with E-state index in [1.807, 2.05) is 31.4 Å². The van der Waals surface area contributed by atoms with Crippen LogP contribution >= 0.6 is 0 Å². The summed E-state index contributed by atoms with van der Waals surface area (Å²) in [5.41, 5.74) is 0.221. The van der Waals surface area contributed by atoms with Crippen LogP contribution < -0.4 is 0 Å². The van der Waals surface area contributed by atoms with Gasteiger partial charge in [0.05, 0.1) is 5.92 Å². The fraction of sp³-hybridized carbons (Fsp3) is 0.286. The molecule has 25 heavy (non-hydrogen) atoms. The minimum Gasteiger partial charge on any atom is -0.305 e. The lowest BCUT2D eigenvalue weighted by Gasteiger charge is -2.18. The summed E-state index contributed by atoms with van der Waals surface area (Å²) in [5.74, 6) is -2.37. The number of carbonyl (C=O) groups excluding carboxylic acids is 1. The van der Waals surface area contributed by atoms with Gasteiger partial charge in [0, 0.05) is 18.7 Å². The molecular formula is C21H23F2NO. The molecular weight excluding hydrogens is 320 g/mol. The minimum atomic E-state index is -0.980. The molecule has 132 valence electrons. The molecule has 0 aromatic heterocycles. The van der Waals surface area contributed by atoms with Crippen LogP contribution in [0.2, 0.25) is 0 Å². The number of carbonyl (C=O) groups is 1. The molecule has 0 N–H and O–H groups in total. The Bertz CT molecular complexity index is 690. The van der Waals surface area contributed by atoms with E-state index < -0.39 is 11.6 Å². The molecule has 2 nitrogen and oxygen atoms in total. The highest BCUT2D eigenvalue weighted by molar-refractivity contribution is 5.99. The lowest BCUT2D eigenvalue weighted by Crippen LogP contribution is -2.28. The van der Waals surface area contributed by atoms with E-state index in [1.165, 1.54) is 6.07 Å². The first-order valence-electron chi connectivity index (χ1n) is 8.40. The molecule has 0 saturated carbocycles. The zero-order valence-corrected chi connectivity index (χ0v) is 14.4. The number of rotatable bonds is 2. The molecule has 1 atom stereocenters. The van der Waals surface area contributed by atoms with E-state index in [1.54, 1.807) is 0 Å². The predicted octanol–water partition coefficient (Wildman–Crippen LogP) is 4.71. The molecule has 0 spiro atoms. The third-order valence-corrected chi connectivity index (χ3v) is 3.97. The molecule has 4 heteroatoms. The van der Waals surface area contributed by atoms with Gasteiger partial charge in [-0.15, -0.1) is 0 Å². The monoisotopic (exact) mass is 343 g/mol. The number of benzene rings is 1. The fourth-order valence-corrected chi connectivity index (χ4v) is 2.60. The number of allylic oxidation sites excluding steroid dienone is 6. The van der Waals surface area contributed by atoms with E-state index in [4.69, 9.17) is 0 Å². The number of hydrogen-bond donors (Lipinski definition) is 0. The molecule has 0 bridgehead atoms. The second kappa shape index (κ2) is 9.84. The molecule has 1 heterocycles. The summed E-state index contributed by atoms with van der Waals surface area (Å²) >= 11 is 0. The summed E-state index contributed by atoms with van der Waals surface area (Å²) < 4.78 is 25.9. The van der Waals surface area contributed by atoms with Gasteiger partial charge in [-0.25, -0.2) is 8.78 Å². The Hall–Kier alpha value is -2.33. The molecule has 1 unspecified atom stereocenters. The number of nitrogens with zero attached hydrogens (tertiary/aromatic N) is 1. The second-order valence-corrected chi connectivity index (χ2v) is 6.06. The number of halogens is 2. The van der Waals surface area contributed by atoms with Gasteiger partial charge >= 0.3 is 0 Å². The van der Waals surface area contributed by atoms with Gasteiger partial charge in [-0.2, -0.15) is 0 Å². The Morgan fingerprint density at radius 1 is 1.04 bits per heavy atom. The van der Waals surface area contributed by atoms with E-state index in [0.717, 1.165) is 31.5 Å². The van der Waals surface area contributed by atoms with Crippen molar-refractivity contribution in [2.24, 2.45) is 5.92 Å². The Balaban J connectivity index is 0.000000269. The highest BCUT2D eigenvalue weighted by Gasteiger charge is 2.21. The van der Waals surface area contributed by atoms with E-state index >= 15 is 0 Å². The normalized spacial score (nSPS) is 19.7. The van der Waals surface area contributed by atoms with Crippen LogP contribution in [0.1, 0.15) is 23.2 Å². The summed E-state index contributed by atoms with van der Waals surface area (Å²) in [6.45, 7) is 1.51. The Morgan fingerprint density at radius 3 is 2.44 bits per heavy atom. The first kappa shape index (κ1) is 19.0. The minimum absolute atomic E-state index is 0.168. The standard InChI is InChI=1S/C14H15F2NO.C7H8/c1-17-7-3-2-4-11(9-17)14(18)10-5-6-12(15)13(16)8-10;1-2-4-6-7-5-3-1/h2,4-6,8,11H,3,7,9H2,1H3;1-6H,7H2. The SMILES string of the molecule is C1=CC=CCC=C1.CN1CCC=CC(C(=O)c2ccc(F)c(F)c2)C1. The first-order valence-corrected chi connectivity index (χ1v) is 8.40. The molecule has 3 rings (SSSR count). The molecule has 1 aliphatic heterocycles. The summed E-state index contributed by atoms with van der Waals surface area (Å²) in [5, 5.41) is 0. The van der Waals surface area contributed by atoms with Crippen molar-refractivity contribution in [3.8, 4) is 0 Å². The number of hydrogen-bond acceptors (Lipinski definition) is 2. The largest absolute Gasteiger partial charge is 0.305 e. The van der Waals surface area contributed by atoms with Crippen LogP contribution in [0.15, 0.2) is 66.8 Å². The Labute approximate surface area is 147 Å². The van der Waals surface area contributed by atoms with Crippen LogP contribution in [0.25, 0.3) is 0 Å². The molecule has 2 aliphatic rings. The van der Waals surface area contributed by atoms with Crippen LogP contribution in [0.4, 0.5) is 8.78 Å². The van der Waals surface area contributed by atoms with Crippen molar-refractivity contribution >= 4 is 5.78 Å². The van der Waals surface area contributed by atoms with Crippen molar-refractivity contribution in [2.45, 2.75) is 12.8 Å². The molecule has 0 radical (unpaired) electrons. The smallest absolute Gasteiger partial charge is 0.171 e. The predicted molar refractivity (Wildman–Crippen MR) is 97.5 cm³/mol. The highest BCUT2D eigenvalue weighted by Crippen LogP contribution is 2.17. The number of ketones is 1. The van der Waals surface area contributed by atoms with E-state index in [0.29, 0.717) is 6.54 Å². The summed E-state index contributed by atoms with van der Waals surface area (Å²) in [4.78, 5) is 14.3. The van der Waals surface area contributed by atoms with Crippen molar-refractivity contribution in [1.82, 2.24) is 4.90 Å². The maximum atomic E-state index is 13.1. The van der Waals surface area contributed by atoms with Crippen LogP contribution in [0.3, 0.4) is 0 Å². The van der Waals surface area contributed by atoms with Crippen LogP contribution in [-0.2, 0) is 0 Å². The topological polar surface area (TPSA) is 20.3 Å². The number of Topliss-reactive ketones (excluding diaryl/α,β-unsaturated/α-hetero) is 1. The van der Waals surface area contributed by atoms with Crippen LogP contribution in [0.5, 0.6) is 0 Å². The zero-order chi connectivity index (χ0) is 18.1. The molecule has 0 amide bonds. The average Bonchev–Trinajstić information content (AvgIpc) is 3.02. The lowest BCUT2D eigenvalue weighted by atomic mass is 9.97. The fourth-order valence-electron chi connectivity index (χ4n) is 2.60. The van der Waals surface area contributed by atoms with Crippen LogP contribution in [0, 0.1) is 17.6 Å². The molecule has 1 aliphatic carbocycles. The van der Waals surface area contributed by atoms with Gasteiger partial charge < -0.3 is 4.90 Å². The van der Waals surface area contributed by atoms with E-state index in [9.17, 15) is 13.6 Å². The highest BCUT2D eigenvalue weighted by atomic mass is 19.2. The Morgan fingerprint density at radius 2 is 1.76 bits per heavy atom. The van der Waals surface area contributed by atoms with Crippen molar-refractivity contribution in [3.63, 3.8) is 0 Å². The Kier molecular flexibility index (Phi) is 7.48. The summed E-state index contributed by atoms with van der Waals surface area (Å²) in [6, 6.07) is 3.29. The molecule has 0 fully saturated rings. The van der Waals surface area contributed by atoms with Gasteiger partial charge in [-0.1, -0.05) is 48.6 Å². The van der Waals surface area contributed by atoms with Crippen molar-refractivity contribution in [3.05, 3.63) is 84.0 Å². The van der Waals surface area contributed by atoms with Crippen LogP contribution in [-0.4, -0.2) is 30.8 Å². The van der Waals surface area contributed by atoms with Crippen molar-refractivity contribution in [1.29, 1.82) is 0 Å². The molecule has 0 saturated heterocycles. The molecule has 1 aromatic carbocycles. The van der Waals surface area contributed by atoms with Gasteiger partial charge in [0.1, 0.15) is 0 Å². The van der Waals surface area contributed by atoms with Gasteiger partial charge in [0.25, 0.3) is 0 Å². The van der Waals surface area contributed by atoms with E-state index in [2.05, 4.69) is 29.2 Å². The quantitative estimate of drug-likeness (QED) is 0.572. The maximum absolute atomic E-state index is 13.1.